The van der Waals surface area contributed by atoms with Crippen LogP contribution in [0.25, 0.3) is 0 Å². The number of nitrogens with one attached hydrogen (secondary N) is 1. The van der Waals surface area contributed by atoms with Crippen molar-refractivity contribution >= 4 is 21.5 Å². The number of rotatable bonds is 1. The SMILES string of the molecule is NNC1=NS(=O)(=O)c2cc([N+](=O)[O-])ccc21. The average molecular weight is 242 g/mol. The van der Waals surface area contributed by atoms with Gasteiger partial charge < -0.3 is 5.43 Å². The number of nitro groups is 1. The van der Waals surface area contributed by atoms with Crippen molar-refractivity contribution in [3.63, 3.8) is 0 Å². The van der Waals surface area contributed by atoms with Crippen molar-refractivity contribution in [1.29, 1.82) is 0 Å². The summed E-state index contributed by atoms with van der Waals surface area (Å²) in [6, 6.07) is 3.43. The van der Waals surface area contributed by atoms with E-state index in [-0.39, 0.29) is 22.0 Å². The first kappa shape index (κ1) is 10.5. The molecule has 0 bridgehead atoms. The van der Waals surface area contributed by atoms with Gasteiger partial charge in [0.2, 0.25) is 0 Å². The first-order chi connectivity index (χ1) is 7.45. The first-order valence-corrected chi connectivity index (χ1v) is 5.50. The largest absolute Gasteiger partial charge is 0.307 e. The van der Waals surface area contributed by atoms with Gasteiger partial charge >= 0.3 is 0 Å². The van der Waals surface area contributed by atoms with Gasteiger partial charge in [0.15, 0.2) is 5.84 Å². The van der Waals surface area contributed by atoms with E-state index in [4.69, 9.17) is 5.84 Å². The van der Waals surface area contributed by atoms with Gasteiger partial charge in [-0.3, -0.25) is 10.1 Å². The maximum atomic E-state index is 11.5. The fourth-order valence-corrected chi connectivity index (χ4v) is 2.56. The number of nitrogens with two attached hydrogens (primary N) is 1. The molecular formula is C7H6N4O4S. The minimum absolute atomic E-state index is 0.0232. The molecule has 1 aliphatic rings. The van der Waals surface area contributed by atoms with Crippen LogP contribution in [0.3, 0.4) is 0 Å². The Morgan fingerprint density at radius 3 is 2.69 bits per heavy atom. The summed E-state index contributed by atoms with van der Waals surface area (Å²) in [5.41, 5.74) is 2.05. The summed E-state index contributed by atoms with van der Waals surface area (Å²) >= 11 is 0. The summed E-state index contributed by atoms with van der Waals surface area (Å²) in [7, 11) is -3.88. The molecule has 2 rings (SSSR count). The first-order valence-electron chi connectivity index (χ1n) is 4.06. The van der Waals surface area contributed by atoms with Gasteiger partial charge in [-0.1, -0.05) is 0 Å². The van der Waals surface area contributed by atoms with Gasteiger partial charge in [-0.15, -0.1) is 4.40 Å². The van der Waals surface area contributed by atoms with Gasteiger partial charge in [0, 0.05) is 17.7 Å². The van der Waals surface area contributed by atoms with Crippen LogP contribution in [-0.2, 0) is 10.0 Å². The van der Waals surface area contributed by atoms with E-state index >= 15 is 0 Å². The van der Waals surface area contributed by atoms with Crippen molar-refractivity contribution in [3.05, 3.63) is 33.9 Å². The minimum atomic E-state index is -3.88. The molecule has 0 radical (unpaired) electrons. The van der Waals surface area contributed by atoms with E-state index in [9.17, 15) is 18.5 Å². The summed E-state index contributed by atoms with van der Waals surface area (Å²) in [6.07, 6.45) is 0. The number of nitro benzene ring substituents is 1. The minimum Gasteiger partial charge on any atom is -0.307 e. The number of nitrogens with zero attached hydrogens (tertiary/aromatic N) is 2. The van der Waals surface area contributed by atoms with Gasteiger partial charge in [-0.25, -0.2) is 5.84 Å². The van der Waals surface area contributed by atoms with E-state index in [2.05, 4.69) is 9.82 Å². The molecule has 0 amide bonds. The number of non-ortho nitro benzene ring substituents is 1. The van der Waals surface area contributed by atoms with Gasteiger partial charge in [0.1, 0.15) is 4.90 Å². The Kier molecular flexibility index (Phi) is 2.14. The molecule has 0 atom stereocenters. The summed E-state index contributed by atoms with van der Waals surface area (Å²) < 4.78 is 26.3. The highest BCUT2D eigenvalue weighted by Crippen LogP contribution is 2.28. The fourth-order valence-electron chi connectivity index (χ4n) is 1.36. The number of benzene rings is 1. The highest BCUT2D eigenvalue weighted by Gasteiger charge is 2.30. The summed E-state index contributed by atoms with van der Waals surface area (Å²) in [6.45, 7) is 0. The lowest BCUT2D eigenvalue weighted by Crippen LogP contribution is -2.29. The quantitative estimate of drug-likeness (QED) is 0.388. The zero-order valence-corrected chi connectivity index (χ0v) is 8.56. The van der Waals surface area contributed by atoms with Crippen LogP contribution in [-0.4, -0.2) is 19.2 Å². The van der Waals surface area contributed by atoms with Gasteiger partial charge in [0.25, 0.3) is 15.7 Å². The Balaban J connectivity index is 2.69. The van der Waals surface area contributed by atoms with Gasteiger partial charge in [-0.05, 0) is 6.07 Å². The molecule has 1 aromatic rings. The molecule has 84 valence electrons. The van der Waals surface area contributed by atoms with Gasteiger partial charge in [-0.2, -0.15) is 8.42 Å². The van der Waals surface area contributed by atoms with Crippen molar-refractivity contribution in [3.8, 4) is 0 Å². The van der Waals surface area contributed by atoms with Crippen molar-refractivity contribution in [2.75, 3.05) is 0 Å². The van der Waals surface area contributed by atoms with Crippen molar-refractivity contribution in [1.82, 2.24) is 5.43 Å². The van der Waals surface area contributed by atoms with Crippen LogP contribution >= 0.6 is 0 Å². The third-order valence-corrected chi connectivity index (χ3v) is 3.37. The molecule has 0 unspecified atom stereocenters. The zero-order valence-electron chi connectivity index (χ0n) is 7.75. The predicted octanol–water partition coefficient (Wildman–Crippen LogP) is -0.493. The van der Waals surface area contributed by atoms with Crippen LogP contribution in [0.1, 0.15) is 5.56 Å². The van der Waals surface area contributed by atoms with Crippen LogP contribution in [0, 0.1) is 10.1 Å². The lowest BCUT2D eigenvalue weighted by molar-refractivity contribution is -0.385. The number of hydrazine groups is 1. The lowest BCUT2D eigenvalue weighted by Gasteiger charge is -1.99. The van der Waals surface area contributed by atoms with Crippen LogP contribution in [0.5, 0.6) is 0 Å². The normalized spacial score (nSPS) is 16.4. The van der Waals surface area contributed by atoms with E-state index in [1.165, 1.54) is 12.1 Å². The molecular weight excluding hydrogens is 236 g/mol. The van der Waals surface area contributed by atoms with E-state index in [0.717, 1.165) is 6.07 Å². The Morgan fingerprint density at radius 1 is 1.44 bits per heavy atom. The molecule has 1 aromatic carbocycles. The lowest BCUT2D eigenvalue weighted by atomic mass is 10.2. The van der Waals surface area contributed by atoms with Crippen LogP contribution in [0.4, 0.5) is 5.69 Å². The van der Waals surface area contributed by atoms with Crippen LogP contribution in [0.2, 0.25) is 0 Å². The van der Waals surface area contributed by atoms with Crippen LogP contribution < -0.4 is 11.3 Å². The van der Waals surface area contributed by atoms with E-state index in [1.54, 1.807) is 0 Å². The number of sulfonamides is 1. The summed E-state index contributed by atoms with van der Waals surface area (Å²) in [5, 5.41) is 10.5. The summed E-state index contributed by atoms with van der Waals surface area (Å²) in [4.78, 5) is 9.61. The van der Waals surface area contributed by atoms with Crippen molar-refractivity contribution in [2.24, 2.45) is 10.2 Å². The second kappa shape index (κ2) is 3.25. The van der Waals surface area contributed by atoms with Crippen LogP contribution in [0.15, 0.2) is 27.5 Å². The molecule has 8 nitrogen and oxygen atoms in total. The molecule has 0 saturated heterocycles. The van der Waals surface area contributed by atoms with E-state index in [1.807, 2.05) is 0 Å². The molecule has 0 spiro atoms. The number of fused-ring (bicyclic) bond motifs is 1. The number of hydrogen-bond acceptors (Lipinski definition) is 6. The maximum Gasteiger partial charge on any atom is 0.285 e. The van der Waals surface area contributed by atoms with Crippen molar-refractivity contribution in [2.45, 2.75) is 4.90 Å². The third-order valence-electron chi connectivity index (χ3n) is 2.06. The molecule has 0 aromatic heterocycles. The Bertz CT molecular complexity index is 607. The summed E-state index contributed by atoms with van der Waals surface area (Å²) in [5.74, 6) is 5.07. The molecule has 0 saturated carbocycles. The highest BCUT2D eigenvalue weighted by atomic mass is 32.2. The predicted molar refractivity (Wildman–Crippen MR) is 54.1 cm³/mol. The molecule has 16 heavy (non-hydrogen) atoms. The molecule has 0 fully saturated rings. The second-order valence-corrected chi connectivity index (χ2v) is 4.57. The maximum absolute atomic E-state index is 11.5. The topological polar surface area (TPSA) is 128 Å². The second-order valence-electron chi connectivity index (χ2n) is 3.00. The molecule has 0 aliphatic carbocycles. The third kappa shape index (κ3) is 1.42. The monoisotopic (exact) mass is 242 g/mol. The number of hydrogen-bond donors (Lipinski definition) is 2. The number of amidine groups is 1. The standard InChI is InChI=1S/C7H6N4O4S/c8-9-7-5-2-1-4(11(12)13)3-6(5)16(14,15)10-7/h1-3H,8H2,(H,9,10). The molecule has 1 aliphatic heterocycles. The Hall–Kier alpha value is -2.00. The molecule has 1 heterocycles. The molecule has 9 heteroatoms. The smallest absolute Gasteiger partial charge is 0.285 e. The Morgan fingerprint density at radius 2 is 2.12 bits per heavy atom. The fraction of sp³-hybridized carbons (Fsp3) is 0. The van der Waals surface area contributed by atoms with Crippen molar-refractivity contribution < 1.29 is 13.3 Å². The Labute approximate surface area is 90.0 Å². The van der Waals surface area contributed by atoms with E-state index in [0.29, 0.717) is 0 Å². The van der Waals surface area contributed by atoms with Gasteiger partial charge in [0.05, 0.1) is 4.92 Å². The van der Waals surface area contributed by atoms with E-state index < -0.39 is 14.9 Å². The highest BCUT2D eigenvalue weighted by molar-refractivity contribution is 7.90. The molecule has 3 N–H and O–H groups in total. The zero-order chi connectivity index (χ0) is 11.9. The average Bonchev–Trinajstić information content (AvgIpc) is 2.50.